The van der Waals surface area contributed by atoms with Crippen molar-refractivity contribution in [2.45, 2.75) is 88.5 Å². The van der Waals surface area contributed by atoms with Gasteiger partial charge in [-0.3, -0.25) is 4.68 Å². The summed E-state index contributed by atoms with van der Waals surface area (Å²) in [6.07, 6.45) is 14.2. The Labute approximate surface area is 182 Å². The van der Waals surface area contributed by atoms with Crippen LogP contribution in [0.3, 0.4) is 0 Å². The van der Waals surface area contributed by atoms with Crippen LogP contribution in [-0.2, 0) is 13.0 Å². The van der Waals surface area contributed by atoms with Gasteiger partial charge in [0.2, 0.25) is 5.95 Å². The molecule has 0 radical (unpaired) electrons. The van der Waals surface area contributed by atoms with Crippen molar-refractivity contribution < 1.29 is 0 Å². The van der Waals surface area contributed by atoms with Crippen molar-refractivity contribution in [1.82, 2.24) is 25.1 Å². The Morgan fingerprint density at radius 1 is 1.07 bits per heavy atom. The molecule has 3 heterocycles. The molecule has 3 saturated carbocycles. The van der Waals surface area contributed by atoms with E-state index in [1.165, 1.54) is 31.4 Å². The Bertz CT molecular complexity index is 939. The van der Waals surface area contributed by atoms with Crippen LogP contribution >= 0.6 is 11.6 Å². The molecule has 30 heavy (non-hydrogen) atoms. The van der Waals surface area contributed by atoms with Gasteiger partial charge in [0.05, 0.1) is 23.1 Å². The Hall–Kier alpha value is -1.70. The van der Waals surface area contributed by atoms with E-state index in [4.69, 9.17) is 22.3 Å². The summed E-state index contributed by atoms with van der Waals surface area (Å²) in [5.41, 5.74) is 9.54. The topological polar surface area (TPSA) is 93.7 Å². The first-order valence-corrected chi connectivity index (χ1v) is 11.8. The molecule has 0 bridgehead atoms. The maximum Gasteiger partial charge on any atom is 0.223 e. The maximum atomic E-state index is 6.51. The van der Waals surface area contributed by atoms with Gasteiger partial charge in [0.1, 0.15) is 0 Å². The van der Waals surface area contributed by atoms with E-state index in [0.717, 1.165) is 49.9 Å². The summed E-state index contributed by atoms with van der Waals surface area (Å²) >= 11 is 6.51. The summed E-state index contributed by atoms with van der Waals surface area (Å²) in [4.78, 5) is 9.28. The zero-order valence-corrected chi connectivity index (χ0v) is 18.0. The minimum absolute atomic E-state index is 0.406. The molecule has 8 heteroatoms. The van der Waals surface area contributed by atoms with Crippen LogP contribution in [0, 0.1) is 5.41 Å². The molecule has 4 aliphatic rings. The molecule has 1 aliphatic heterocycles. The van der Waals surface area contributed by atoms with Crippen molar-refractivity contribution in [3.8, 4) is 11.3 Å². The van der Waals surface area contributed by atoms with Crippen LogP contribution in [0.1, 0.15) is 57.1 Å². The predicted molar refractivity (Wildman–Crippen MR) is 117 cm³/mol. The number of fused-ring (bicyclic) bond motifs is 1. The van der Waals surface area contributed by atoms with Crippen LogP contribution in [0.2, 0.25) is 5.02 Å². The van der Waals surface area contributed by atoms with E-state index < -0.39 is 0 Å². The highest BCUT2D eigenvalue weighted by Crippen LogP contribution is 2.54. The Kier molecular flexibility index (Phi) is 4.55. The zero-order chi connectivity index (χ0) is 20.3. The number of rotatable bonds is 5. The predicted octanol–water partition coefficient (Wildman–Crippen LogP) is 3.13. The Balaban J connectivity index is 1.11. The maximum absolute atomic E-state index is 6.51. The summed E-state index contributed by atoms with van der Waals surface area (Å²) < 4.78 is 2.15. The largest absolute Gasteiger partial charge is 0.351 e. The van der Waals surface area contributed by atoms with Crippen LogP contribution in [0.25, 0.3) is 11.3 Å². The third-order valence-electron chi connectivity index (χ3n) is 7.64. The van der Waals surface area contributed by atoms with E-state index >= 15 is 0 Å². The number of aromatic nitrogens is 4. The summed E-state index contributed by atoms with van der Waals surface area (Å²) in [5.74, 6) is 0.676. The normalized spacial score (nSPS) is 31.4. The van der Waals surface area contributed by atoms with Gasteiger partial charge in [-0.1, -0.05) is 11.6 Å². The number of anilines is 1. The lowest BCUT2D eigenvalue weighted by molar-refractivity contribution is 0.236. The molecule has 6 rings (SSSR count). The van der Waals surface area contributed by atoms with Crippen LogP contribution in [0.4, 0.5) is 5.95 Å². The lowest BCUT2D eigenvalue weighted by Gasteiger charge is -2.38. The number of nitrogens with one attached hydrogen (secondary N) is 2. The molecule has 0 aromatic carbocycles. The van der Waals surface area contributed by atoms with Gasteiger partial charge in [0.25, 0.3) is 0 Å². The fourth-order valence-electron chi connectivity index (χ4n) is 5.52. The van der Waals surface area contributed by atoms with Gasteiger partial charge in [-0.15, -0.1) is 0 Å². The van der Waals surface area contributed by atoms with Crippen LogP contribution < -0.4 is 16.4 Å². The van der Waals surface area contributed by atoms with Gasteiger partial charge < -0.3 is 16.4 Å². The van der Waals surface area contributed by atoms with Gasteiger partial charge in [-0.25, -0.2) is 9.97 Å². The fraction of sp³-hybridized carbons (Fsp3) is 0.682. The summed E-state index contributed by atoms with van der Waals surface area (Å²) in [6.45, 7) is 1.04. The molecule has 160 valence electrons. The van der Waals surface area contributed by atoms with Crippen molar-refractivity contribution in [2.75, 3.05) is 5.32 Å². The highest BCUT2D eigenvalue weighted by molar-refractivity contribution is 6.33. The van der Waals surface area contributed by atoms with Gasteiger partial charge in [0, 0.05) is 42.0 Å². The van der Waals surface area contributed by atoms with E-state index in [0.29, 0.717) is 40.6 Å². The molecular weight excluding hydrogens is 398 g/mol. The first-order chi connectivity index (χ1) is 14.6. The smallest absolute Gasteiger partial charge is 0.223 e. The van der Waals surface area contributed by atoms with E-state index in [2.05, 4.69) is 25.4 Å². The van der Waals surface area contributed by atoms with Gasteiger partial charge in [-0.05, 0) is 63.2 Å². The Morgan fingerprint density at radius 3 is 2.57 bits per heavy atom. The monoisotopic (exact) mass is 427 g/mol. The van der Waals surface area contributed by atoms with E-state index in [-0.39, 0.29) is 0 Å². The molecule has 0 amide bonds. The standard InChI is InChI=1S/C22H30ClN7/c23-18-11-25-21(28-15-3-1-14(2-4-15)27-16-7-13(24)8-16)29-20(18)17-10-26-30-12-22(5-6-22)9-19(17)30/h10-11,13-16,27H,1-9,12,24H2,(H,25,28,29)/t13?,14-,15-,16?. The Morgan fingerprint density at radius 2 is 1.83 bits per heavy atom. The lowest BCUT2D eigenvalue weighted by Crippen LogP contribution is -2.52. The second-order valence-electron chi connectivity index (χ2n) is 10.0. The van der Waals surface area contributed by atoms with E-state index in [1.807, 2.05) is 6.20 Å². The summed E-state index contributed by atoms with van der Waals surface area (Å²) in [5, 5.41) is 12.5. The van der Waals surface area contributed by atoms with Crippen molar-refractivity contribution in [1.29, 1.82) is 0 Å². The molecule has 0 atom stereocenters. The van der Waals surface area contributed by atoms with Gasteiger partial charge >= 0.3 is 0 Å². The first kappa shape index (κ1) is 19.0. The third-order valence-corrected chi connectivity index (χ3v) is 7.92. The lowest BCUT2D eigenvalue weighted by atomic mass is 9.84. The highest BCUT2D eigenvalue weighted by Gasteiger charge is 2.48. The molecule has 3 fully saturated rings. The summed E-state index contributed by atoms with van der Waals surface area (Å²) in [7, 11) is 0. The number of nitrogens with two attached hydrogens (primary N) is 1. The molecule has 1 spiro atoms. The van der Waals surface area contributed by atoms with Crippen molar-refractivity contribution in [3.63, 3.8) is 0 Å². The molecular formula is C22H30ClN7. The molecule has 2 aromatic rings. The number of hydrogen-bond donors (Lipinski definition) is 3. The van der Waals surface area contributed by atoms with Gasteiger partial charge in [0.15, 0.2) is 0 Å². The highest BCUT2D eigenvalue weighted by atomic mass is 35.5. The van der Waals surface area contributed by atoms with Crippen molar-refractivity contribution >= 4 is 17.5 Å². The molecule has 0 unspecified atom stereocenters. The second-order valence-corrected chi connectivity index (χ2v) is 10.4. The quantitative estimate of drug-likeness (QED) is 0.678. The number of hydrogen-bond acceptors (Lipinski definition) is 6. The first-order valence-electron chi connectivity index (χ1n) is 11.4. The van der Waals surface area contributed by atoms with Crippen LogP contribution in [-0.4, -0.2) is 43.9 Å². The minimum atomic E-state index is 0.406. The molecule has 7 nitrogen and oxygen atoms in total. The molecule has 2 aromatic heterocycles. The van der Waals surface area contributed by atoms with Crippen molar-refractivity contribution in [3.05, 3.63) is 23.1 Å². The average Bonchev–Trinajstić information content (AvgIpc) is 3.21. The zero-order valence-electron chi connectivity index (χ0n) is 17.3. The van der Waals surface area contributed by atoms with Crippen LogP contribution in [0.15, 0.2) is 12.4 Å². The number of nitrogens with zero attached hydrogens (tertiary/aromatic N) is 4. The van der Waals surface area contributed by atoms with E-state index in [1.54, 1.807) is 6.20 Å². The SMILES string of the molecule is NC1CC(N[C@H]2CC[C@H](Nc3ncc(Cl)c(-c4cnn5c4CC4(CC4)C5)n3)CC2)C1. The second kappa shape index (κ2) is 7.18. The molecule has 3 aliphatic carbocycles. The minimum Gasteiger partial charge on any atom is -0.351 e. The fourth-order valence-corrected chi connectivity index (χ4v) is 5.71. The van der Waals surface area contributed by atoms with Gasteiger partial charge in [-0.2, -0.15) is 5.10 Å². The molecule has 4 N–H and O–H groups in total. The van der Waals surface area contributed by atoms with Crippen molar-refractivity contribution in [2.24, 2.45) is 11.1 Å². The van der Waals surface area contributed by atoms with E-state index in [9.17, 15) is 0 Å². The number of halogens is 1. The average molecular weight is 428 g/mol. The molecule has 0 saturated heterocycles. The third kappa shape index (κ3) is 3.51. The summed E-state index contributed by atoms with van der Waals surface area (Å²) in [6, 6.07) is 2.06. The van der Waals surface area contributed by atoms with Crippen LogP contribution in [0.5, 0.6) is 0 Å².